The third-order valence-electron chi connectivity index (χ3n) is 3.52. The van der Waals surface area contributed by atoms with Crippen molar-refractivity contribution in [1.29, 1.82) is 0 Å². The van der Waals surface area contributed by atoms with Gasteiger partial charge in [0.2, 0.25) is 0 Å². The van der Waals surface area contributed by atoms with Gasteiger partial charge in [0.25, 0.3) is 0 Å². The van der Waals surface area contributed by atoms with Gasteiger partial charge in [0.1, 0.15) is 5.60 Å². The maximum Gasteiger partial charge on any atom is 0.315 e. The fraction of sp³-hybridized carbons (Fsp3) is 0.533. The van der Waals surface area contributed by atoms with Gasteiger partial charge in [-0.3, -0.25) is 0 Å². The molecule has 1 aromatic carbocycles. The summed E-state index contributed by atoms with van der Waals surface area (Å²) in [6.07, 6.45) is 2.63. The number of amides is 2. The summed E-state index contributed by atoms with van der Waals surface area (Å²) >= 11 is 0. The number of hydrogen-bond donors (Lipinski definition) is 3. The number of fused-ring (bicyclic) bond motifs is 1. The Morgan fingerprint density at radius 1 is 1.42 bits per heavy atom. The highest BCUT2D eigenvalue weighted by atomic mass is 16.3. The smallest absolute Gasteiger partial charge is 0.315 e. The van der Waals surface area contributed by atoms with Crippen LogP contribution >= 0.6 is 0 Å². The normalized spacial score (nSPS) is 21.9. The molecule has 104 valence electrons. The molecule has 0 spiro atoms. The summed E-state index contributed by atoms with van der Waals surface area (Å²) < 4.78 is 0. The first-order chi connectivity index (χ1) is 9.01. The summed E-state index contributed by atoms with van der Waals surface area (Å²) in [5.41, 5.74) is 1.19. The van der Waals surface area contributed by atoms with Crippen molar-refractivity contribution in [3.05, 3.63) is 35.4 Å². The predicted molar refractivity (Wildman–Crippen MR) is 74.9 cm³/mol. The molecule has 1 aromatic rings. The van der Waals surface area contributed by atoms with Crippen molar-refractivity contribution in [3.8, 4) is 0 Å². The summed E-state index contributed by atoms with van der Waals surface area (Å²) in [6, 6.07) is 7.79. The second-order valence-electron chi connectivity index (χ2n) is 5.52. The van der Waals surface area contributed by atoms with Gasteiger partial charge in [-0.25, -0.2) is 4.79 Å². The van der Waals surface area contributed by atoms with E-state index in [1.807, 2.05) is 38.1 Å². The Balaban J connectivity index is 2.06. The number of aliphatic hydroxyl groups is 1. The monoisotopic (exact) mass is 262 g/mol. The average molecular weight is 262 g/mol. The molecular weight excluding hydrogens is 240 g/mol. The van der Waals surface area contributed by atoms with E-state index in [2.05, 4.69) is 10.6 Å². The van der Waals surface area contributed by atoms with Crippen LogP contribution in [0.15, 0.2) is 24.3 Å². The molecule has 19 heavy (non-hydrogen) atoms. The molecule has 0 saturated heterocycles. The molecule has 2 amide bonds. The van der Waals surface area contributed by atoms with Crippen LogP contribution < -0.4 is 10.6 Å². The van der Waals surface area contributed by atoms with E-state index in [1.54, 1.807) is 0 Å². The van der Waals surface area contributed by atoms with Crippen LogP contribution in [0.5, 0.6) is 0 Å². The molecule has 2 rings (SSSR count). The highest BCUT2D eigenvalue weighted by Gasteiger charge is 2.34. The van der Waals surface area contributed by atoms with Gasteiger partial charge < -0.3 is 15.7 Å². The summed E-state index contributed by atoms with van der Waals surface area (Å²) in [4.78, 5) is 11.6. The van der Waals surface area contributed by atoms with Gasteiger partial charge in [0, 0.05) is 6.04 Å². The van der Waals surface area contributed by atoms with E-state index in [0.29, 0.717) is 6.42 Å². The Kier molecular flexibility index (Phi) is 4.10. The van der Waals surface area contributed by atoms with E-state index < -0.39 is 5.60 Å². The van der Waals surface area contributed by atoms with Gasteiger partial charge in [-0.1, -0.05) is 24.3 Å². The number of rotatable bonds is 3. The second-order valence-corrected chi connectivity index (χ2v) is 5.52. The zero-order valence-corrected chi connectivity index (χ0v) is 11.6. The summed E-state index contributed by atoms with van der Waals surface area (Å²) in [5.74, 6) is 0. The maximum atomic E-state index is 11.6. The Bertz CT molecular complexity index is 459. The van der Waals surface area contributed by atoms with Gasteiger partial charge >= 0.3 is 6.03 Å². The quantitative estimate of drug-likeness (QED) is 0.779. The molecule has 1 aliphatic rings. The summed E-state index contributed by atoms with van der Waals surface area (Å²) in [7, 11) is 0. The lowest BCUT2D eigenvalue weighted by atomic mass is 9.79. The maximum absolute atomic E-state index is 11.6. The van der Waals surface area contributed by atoms with Crippen molar-refractivity contribution in [2.24, 2.45) is 0 Å². The second kappa shape index (κ2) is 5.61. The van der Waals surface area contributed by atoms with Crippen LogP contribution in [0.4, 0.5) is 4.79 Å². The number of carbonyl (C=O) groups excluding carboxylic acids is 1. The van der Waals surface area contributed by atoms with E-state index >= 15 is 0 Å². The molecule has 0 aromatic heterocycles. The highest BCUT2D eigenvalue weighted by Crippen LogP contribution is 2.34. The molecule has 0 bridgehead atoms. The molecule has 3 N–H and O–H groups in total. The zero-order chi connectivity index (χ0) is 13.9. The van der Waals surface area contributed by atoms with Gasteiger partial charge in [0.05, 0.1) is 6.54 Å². The molecule has 1 unspecified atom stereocenters. The lowest BCUT2D eigenvalue weighted by molar-refractivity contribution is 0.0216. The number of aryl methyl sites for hydroxylation is 1. The third kappa shape index (κ3) is 3.26. The van der Waals surface area contributed by atoms with E-state index in [1.165, 1.54) is 5.56 Å². The van der Waals surface area contributed by atoms with Crippen molar-refractivity contribution in [3.63, 3.8) is 0 Å². The Hall–Kier alpha value is -1.55. The summed E-state index contributed by atoms with van der Waals surface area (Å²) in [5, 5.41) is 16.3. The lowest BCUT2D eigenvalue weighted by Gasteiger charge is -2.34. The van der Waals surface area contributed by atoms with Crippen molar-refractivity contribution in [1.82, 2.24) is 10.6 Å². The Labute approximate surface area is 114 Å². The molecular formula is C15H22N2O2. The van der Waals surface area contributed by atoms with E-state index in [4.69, 9.17) is 0 Å². The number of urea groups is 1. The minimum Gasteiger partial charge on any atom is -0.383 e. The number of nitrogens with one attached hydrogen (secondary N) is 2. The minimum atomic E-state index is -0.941. The molecule has 1 atom stereocenters. The average Bonchev–Trinajstić information content (AvgIpc) is 2.36. The van der Waals surface area contributed by atoms with Crippen LogP contribution in [0.1, 0.15) is 37.8 Å². The molecule has 4 heteroatoms. The lowest BCUT2D eigenvalue weighted by Crippen LogP contribution is -2.47. The van der Waals surface area contributed by atoms with Gasteiger partial charge in [-0.15, -0.1) is 0 Å². The molecule has 0 radical (unpaired) electrons. The van der Waals surface area contributed by atoms with Crippen molar-refractivity contribution in [2.45, 2.75) is 44.8 Å². The minimum absolute atomic E-state index is 0.0910. The van der Waals surface area contributed by atoms with Crippen LogP contribution in [0.25, 0.3) is 0 Å². The van der Waals surface area contributed by atoms with E-state index in [9.17, 15) is 9.90 Å². The van der Waals surface area contributed by atoms with Crippen LogP contribution in [0, 0.1) is 0 Å². The molecule has 0 fully saturated rings. The standard InChI is InChI=1S/C15H22N2O2/c1-11(2)17-14(18)16-10-15(19)9-5-7-12-6-3-4-8-13(12)15/h3-4,6,8,11,19H,5,7,9-10H2,1-2H3,(H2,16,17,18). The molecule has 4 nitrogen and oxygen atoms in total. The third-order valence-corrected chi connectivity index (χ3v) is 3.52. The number of benzene rings is 1. The van der Waals surface area contributed by atoms with Crippen molar-refractivity contribution in [2.75, 3.05) is 6.54 Å². The Morgan fingerprint density at radius 3 is 2.89 bits per heavy atom. The van der Waals surface area contributed by atoms with Gasteiger partial charge in [0.15, 0.2) is 0 Å². The first-order valence-corrected chi connectivity index (χ1v) is 6.86. The number of carbonyl (C=O) groups is 1. The van der Waals surface area contributed by atoms with Crippen molar-refractivity contribution < 1.29 is 9.90 Å². The summed E-state index contributed by atoms with van der Waals surface area (Å²) in [6.45, 7) is 4.07. The molecule has 0 saturated carbocycles. The van der Waals surface area contributed by atoms with Crippen LogP contribution in [0.2, 0.25) is 0 Å². The largest absolute Gasteiger partial charge is 0.383 e. The van der Waals surface area contributed by atoms with Gasteiger partial charge in [-0.05, 0) is 44.2 Å². The molecule has 1 aliphatic carbocycles. The predicted octanol–water partition coefficient (Wildman–Crippen LogP) is 1.92. The number of hydrogen-bond acceptors (Lipinski definition) is 2. The molecule has 0 aliphatic heterocycles. The topological polar surface area (TPSA) is 61.4 Å². The van der Waals surface area contributed by atoms with E-state index in [-0.39, 0.29) is 18.6 Å². The highest BCUT2D eigenvalue weighted by molar-refractivity contribution is 5.74. The van der Waals surface area contributed by atoms with Crippen LogP contribution in [-0.4, -0.2) is 23.7 Å². The fourth-order valence-corrected chi connectivity index (χ4v) is 2.62. The van der Waals surface area contributed by atoms with Crippen LogP contribution in [0.3, 0.4) is 0 Å². The van der Waals surface area contributed by atoms with Crippen molar-refractivity contribution >= 4 is 6.03 Å². The molecule has 0 heterocycles. The van der Waals surface area contributed by atoms with Crippen LogP contribution in [-0.2, 0) is 12.0 Å². The fourth-order valence-electron chi connectivity index (χ4n) is 2.62. The first kappa shape index (κ1) is 13.9. The Morgan fingerprint density at radius 2 is 2.16 bits per heavy atom. The SMILES string of the molecule is CC(C)NC(=O)NCC1(O)CCCc2ccccc21. The van der Waals surface area contributed by atoms with E-state index in [0.717, 1.165) is 18.4 Å². The first-order valence-electron chi connectivity index (χ1n) is 6.86. The van der Waals surface area contributed by atoms with Gasteiger partial charge in [-0.2, -0.15) is 0 Å². The zero-order valence-electron chi connectivity index (χ0n) is 11.6.